The number of hydrogen-bond acceptors (Lipinski definition) is 3. The fraction of sp³-hybridized carbons (Fsp3) is 0.417. The maximum absolute atomic E-state index is 13.4. The zero-order valence-electron chi connectivity index (χ0n) is 17.3. The highest BCUT2D eigenvalue weighted by Gasteiger charge is 2.25. The number of carbonyl (C=O) groups is 2. The molecule has 0 atom stereocenters. The van der Waals surface area contributed by atoms with E-state index in [0.29, 0.717) is 25.3 Å². The van der Waals surface area contributed by atoms with Gasteiger partial charge in [0.25, 0.3) is 5.91 Å². The van der Waals surface area contributed by atoms with E-state index in [9.17, 15) is 14.0 Å². The average molecular weight is 412 g/mol. The van der Waals surface area contributed by atoms with Crippen LogP contribution in [-0.2, 0) is 11.3 Å². The van der Waals surface area contributed by atoms with Gasteiger partial charge in [0.1, 0.15) is 5.82 Å². The van der Waals surface area contributed by atoms with Crippen LogP contribution in [0.2, 0.25) is 0 Å². The van der Waals surface area contributed by atoms with Crippen molar-refractivity contribution in [2.24, 2.45) is 11.7 Å². The van der Waals surface area contributed by atoms with Crippen LogP contribution in [0, 0.1) is 11.7 Å². The third-order valence-electron chi connectivity index (χ3n) is 5.54. The first-order chi connectivity index (χ1) is 14.6. The number of carbonyl (C=O) groups excluding carboxylic acids is 2. The Bertz CT molecular complexity index is 865. The van der Waals surface area contributed by atoms with E-state index in [0.717, 1.165) is 37.7 Å². The minimum absolute atomic E-state index is 0.104. The molecule has 30 heavy (non-hydrogen) atoms. The minimum Gasteiger partial charge on any atom is -0.338 e. The standard InChI is InChI=1S/C24H30FN3O2/c25-21-11-5-10-20(16-21)23(29)27-22-12-4-7-18(15-22)17-28(14-6-13-26)24(30)19-8-2-1-3-9-19/h4-5,7,10-12,15-16,19H,1-3,6,8-9,13-14,17,26H2,(H,27,29). The summed E-state index contributed by atoms with van der Waals surface area (Å²) in [4.78, 5) is 27.4. The number of halogens is 1. The van der Waals surface area contributed by atoms with Crippen molar-refractivity contribution in [3.63, 3.8) is 0 Å². The summed E-state index contributed by atoms with van der Waals surface area (Å²) in [5.74, 6) is -0.511. The van der Waals surface area contributed by atoms with Gasteiger partial charge < -0.3 is 16.0 Å². The predicted molar refractivity (Wildman–Crippen MR) is 116 cm³/mol. The molecule has 1 saturated carbocycles. The maximum atomic E-state index is 13.4. The highest BCUT2D eigenvalue weighted by Crippen LogP contribution is 2.26. The van der Waals surface area contributed by atoms with E-state index in [1.807, 2.05) is 23.1 Å². The van der Waals surface area contributed by atoms with E-state index >= 15 is 0 Å². The van der Waals surface area contributed by atoms with Gasteiger partial charge in [-0.1, -0.05) is 37.5 Å². The molecule has 0 unspecified atom stereocenters. The zero-order chi connectivity index (χ0) is 21.3. The monoisotopic (exact) mass is 411 g/mol. The Kier molecular flexibility index (Phi) is 7.97. The van der Waals surface area contributed by atoms with Crippen LogP contribution >= 0.6 is 0 Å². The highest BCUT2D eigenvalue weighted by atomic mass is 19.1. The molecule has 1 aliphatic carbocycles. The molecule has 2 aromatic rings. The van der Waals surface area contributed by atoms with Crippen LogP contribution in [0.4, 0.5) is 10.1 Å². The summed E-state index contributed by atoms with van der Waals surface area (Å²) in [5, 5.41) is 2.81. The van der Waals surface area contributed by atoms with Crippen LogP contribution in [-0.4, -0.2) is 29.8 Å². The zero-order valence-corrected chi connectivity index (χ0v) is 17.3. The second-order valence-electron chi connectivity index (χ2n) is 7.90. The molecular formula is C24H30FN3O2. The largest absolute Gasteiger partial charge is 0.338 e. The van der Waals surface area contributed by atoms with E-state index in [2.05, 4.69) is 5.32 Å². The smallest absolute Gasteiger partial charge is 0.255 e. The molecule has 1 aliphatic rings. The molecule has 5 nitrogen and oxygen atoms in total. The maximum Gasteiger partial charge on any atom is 0.255 e. The number of amides is 2. The Labute approximate surface area is 177 Å². The highest BCUT2D eigenvalue weighted by molar-refractivity contribution is 6.04. The van der Waals surface area contributed by atoms with Crippen LogP contribution in [0.3, 0.4) is 0 Å². The molecule has 0 bridgehead atoms. The van der Waals surface area contributed by atoms with Gasteiger partial charge in [-0.05, 0) is 61.7 Å². The molecule has 0 aliphatic heterocycles. The number of nitrogens with one attached hydrogen (secondary N) is 1. The molecule has 2 aromatic carbocycles. The van der Waals surface area contributed by atoms with Crippen molar-refractivity contribution >= 4 is 17.5 Å². The molecular weight excluding hydrogens is 381 g/mol. The Balaban J connectivity index is 1.69. The van der Waals surface area contributed by atoms with Crippen molar-refractivity contribution in [3.8, 4) is 0 Å². The van der Waals surface area contributed by atoms with E-state index in [4.69, 9.17) is 5.73 Å². The van der Waals surface area contributed by atoms with Gasteiger partial charge in [-0.2, -0.15) is 0 Å². The number of rotatable bonds is 8. The first-order valence-electron chi connectivity index (χ1n) is 10.7. The lowest BCUT2D eigenvalue weighted by Gasteiger charge is -2.29. The van der Waals surface area contributed by atoms with Gasteiger partial charge in [0.2, 0.25) is 5.91 Å². The van der Waals surface area contributed by atoms with Gasteiger partial charge in [-0.25, -0.2) is 4.39 Å². The first-order valence-corrected chi connectivity index (χ1v) is 10.7. The molecule has 0 radical (unpaired) electrons. The average Bonchev–Trinajstić information content (AvgIpc) is 2.77. The second-order valence-corrected chi connectivity index (χ2v) is 7.90. The molecule has 0 aromatic heterocycles. The Morgan fingerprint density at radius 2 is 1.83 bits per heavy atom. The van der Waals surface area contributed by atoms with Crippen molar-refractivity contribution < 1.29 is 14.0 Å². The van der Waals surface area contributed by atoms with E-state index < -0.39 is 5.82 Å². The lowest BCUT2D eigenvalue weighted by atomic mass is 9.88. The Morgan fingerprint density at radius 3 is 2.57 bits per heavy atom. The number of hydrogen-bond donors (Lipinski definition) is 2. The summed E-state index contributed by atoms with van der Waals surface area (Å²) in [6, 6.07) is 13.0. The summed E-state index contributed by atoms with van der Waals surface area (Å²) < 4.78 is 13.4. The molecule has 0 spiro atoms. The number of benzene rings is 2. The van der Waals surface area contributed by atoms with Crippen LogP contribution in [0.25, 0.3) is 0 Å². The van der Waals surface area contributed by atoms with Crippen molar-refractivity contribution in [2.45, 2.75) is 45.1 Å². The van der Waals surface area contributed by atoms with Gasteiger partial charge in [0.05, 0.1) is 0 Å². The SMILES string of the molecule is NCCCN(Cc1cccc(NC(=O)c2cccc(F)c2)c1)C(=O)C1CCCCC1. The van der Waals surface area contributed by atoms with Crippen LogP contribution in [0.5, 0.6) is 0 Å². The summed E-state index contributed by atoms with van der Waals surface area (Å²) in [6.45, 7) is 1.66. The first kappa shape index (κ1) is 22.0. The van der Waals surface area contributed by atoms with Gasteiger partial charge in [0.15, 0.2) is 0 Å². The summed E-state index contributed by atoms with van der Waals surface area (Å²) in [6.07, 6.45) is 6.11. The van der Waals surface area contributed by atoms with Crippen molar-refractivity contribution in [2.75, 3.05) is 18.4 Å². The summed E-state index contributed by atoms with van der Waals surface area (Å²) in [7, 11) is 0. The molecule has 1 fully saturated rings. The lowest BCUT2D eigenvalue weighted by molar-refractivity contribution is -0.137. The van der Waals surface area contributed by atoms with E-state index in [1.165, 1.54) is 24.6 Å². The van der Waals surface area contributed by atoms with Gasteiger partial charge >= 0.3 is 0 Å². The number of nitrogens with zero attached hydrogens (tertiary/aromatic N) is 1. The van der Waals surface area contributed by atoms with Crippen LogP contribution < -0.4 is 11.1 Å². The molecule has 0 heterocycles. The summed E-state index contributed by atoms with van der Waals surface area (Å²) >= 11 is 0. The topological polar surface area (TPSA) is 75.4 Å². The van der Waals surface area contributed by atoms with Crippen LogP contribution in [0.15, 0.2) is 48.5 Å². The van der Waals surface area contributed by atoms with Crippen LogP contribution in [0.1, 0.15) is 54.4 Å². The molecule has 0 saturated heterocycles. The van der Waals surface area contributed by atoms with E-state index in [1.54, 1.807) is 12.1 Å². The molecule has 3 N–H and O–H groups in total. The molecule has 2 amide bonds. The van der Waals surface area contributed by atoms with Gasteiger partial charge in [-0.3, -0.25) is 9.59 Å². The third kappa shape index (κ3) is 6.13. The molecule has 160 valence electrons. The Morgan fingerprint density at radius 1 is 1.07 bits per heavy atom. The quantitative estimate of drug-likeness (QED) is 0.679. The van der Waals surface area contributed by atoms with Crippen molar-refractivity contribution in [1.82, 2.24) is 4.90 Å². The van der Waals surface area contributed by atoms with Crippen molar-refractivity contribution in [3.05, 3.63) is 65.5 Å². The van der Waals surface area contributed by atoms with Crippen molar-refractivity contribution in [1.29, 1.82) is 0 Å². The van der Waals surface area contributed by atoms with Gasteiger partial charge in [-0.15, -0.1) is 0 Å². The predicted octanol–water partition coefficient (Wildman–Crippen LogP) is 4.34. The fourth-order valence-electron chi connectivity index (χ4n) is 3.96. The number of nitrogens with two attached hydrogens (primary N) is 1. The third-order valence-corrected chi connectivity index (χ3v) is 5.54. The summed E-state index contributed by atoms with van der Waals surface area (Å²) in [5.41, 5.74) is 7.50. The molecule has 6 heteroatoms. The Hall–Kier alpha value is -2.73. The fourth-order valence-corrected chi connectivity index (χ4v) is 3.96. The van der Waals surface area contributed by atoms with Gasteiger partial charge in [0, 0.05) is 30.3 Å². The normalized spacial score (nSPS) is 14.3. The lowest BCUT2D eigenvalue weighted by Crippen LogP contribution is -2.37. The minimum atomic E-state index is -0.451. The van der Waals surface area contributed by atoms with E-state index in [-0.39, 0.29) is 23.3 Å². The second kappa shape index (κ2) is 10.9. The molecule has 3 rings (SSSR count). The number of anilines is 1.